The summed E-state index contributed by atoms with van der Waals surface area (Å²) >= 11 is 0. The number of alkyl halides is 2. The Morgan fingerprint density at radius 1 is 1.12 bits per heavy atom. The summed E-state index contributed by atoms with van der Waals surface area (Å²) in [4.78, 5) is 13.4. The van der Waals surface area contributed by atoms with E-state index in [0.29, 0.717) is 40.8 Å². The Kier molecular flexibility index (Phi) is 7.33. The molecular weight excluding hydrogens is 432 g/mol. The quantitative estimate of drug-likeness (QED) is 0.430. The summed E-state index contributed by atoms with van der Waals surface area (Å²) in [5.74, 6) is -0.764. The first-order valence-corrected chi connectivity index (χ1v) is 11.7. The number of aliphatic hydroxyl groups is 1. The highest BCUT2D eigenvalue weighted by Gasteiger charge is 2.35. The topological polar surface area (TPSA) is 83.0 Å². The number of anilines is 2. The number of likely N-dealkylation sites (tertiary alicyclic amines) is 1. The van der Waals surface area contributed by atoms with Gasteiger partial charge in [0.2, 0.25) is 5.95 Å². The lowest BCUT2D eigenvalue weighted by Gasteiger charge is -2.32. The molecule has 2 aliphatic heterocycles. The summed E-state index contributed by atoms with van der Waals surface area (Å²) in [6, 6.07) is 3.57. The van der Waals surface area contributed by atoms with E-state index in [1.165, 1.54) is 12.8 Å². The van der Waals surface area contributed by atoms with Crippen molar-refractivity contribution in [2.75, 3.05) is 56.7 Å². The SMILES string of the molecule is COc1cc2c(N[C@H](C)O)nc(N3CCC(F)(F)CC3)nc2cc1OCCCN1CCCC1. The number of ether oxygens (including phenoxy) is 2. The van der Waals surface area contributed by atoms with Gasteiger partial charge in [0.25, 0.3) is 5.92 Å². The van der Waals surface area contributed by atoms with E-state index in [9.17, 15) is 13.9 Å². The molecule has 10 heteroatoms. The molecule has 0 saturated carbocycles. The fourth-order valence-corrected chi connectivity index (χ4v) is 4.36. The fraction of sp³-hybridized carbons (Fsp3) is 0.652. The van der Waals surface area contributed by atoms with Crippen LogP contribution in [0.15, 0.2) is 12.1 Å². The van der Waals surface area contributed by atoms with E-state index in [1.54, 1.807) is 31.1 Å². The summed E-state index contributed by atoms with van der Waals surface area (Å²) in [5.41, 5.74) is 0.593. The van der Waals surface area contributed by atoms with Gasteiger partial charge >= 0.3 is 0 Å². The molecule has 0 radical (unpaired) electrons. The molecule has 3 heterocycles. The number of piperidine rings is 1. The molecule has 182 valence electrons. The Bertz CT molecular complexity index is 943. The normalized spacial score (nSPS) is 19.6. The van der Waals surface area contributed by atoms with Crippen LogP contribution in [0.4, 0.5) is 20.5 Å². The van der Waals surface area contributed by atoms with Crippen molar-refractivity contribution in [3.63, 3.8) is 0 Å². The lowest BCUT2D eigenvalue weighted by molar-refractivity contribution is -0.0222. The molecule has 8 nitrogen and oxygen atoms in total. The van der Waals surface area contributed by atoms with Crippen LogP contribution >= 0.6 is 0 Å². The van der Waals surface area contributed by atoms with Crippen molar-refractivity contribution in [3.05, 3.63) is 12.1 Å². The highest BCUT2D eigenvalue weighted by Crippen LogP contribution is 2.36. The average molecular weight is 466 g/mol. The number of methoxy groups -OCH3 is 1. The molecule has 2 fully saturated rings. The summed E-state index contributed by atoms with van der Waals surface area (Å²) in [6.45, 7) is 5.79. The predicted octanol–water partition coefficient (Wildman–Crippen LogP) is 3.49. The molecule has 0 spiro atoms. The maximum Gasteiger partial charge on any atom is 0.251 e. The van der Waals surface area contributed by atoms with Crippen LogP contribution in [0.5, 0.6) is 11.5 Å². The standard InChI is InChI=1S/C23H33F2N5O3/c1-16(31)26-21-17-14-19(32-2)20(33-13-5-10-29-8-3-4-9-29)15-18(17)27-22(28-21)30-11-6-23(24,25)7-12-30/h14-16,31H,3-13H2,1-2H3,(H,26,27,28)/t16-/m0/s1. The van der Waals surface area contributed by atoms with Gasteiger partial charge in [-0.2, -0.15) is 4.98 Å². The van der Waals surface area contributed by atoms with E-state index in [2.05, 4.69) is 20.2 Å². The van der Waals surface area contributed by atoms with Crippen LogP contribution in [-0.2, 0) is 0 Å². The number of aliphatic hydroxyl groups excluding tert-OH is 1. The number of nitrogens with zero attached hydrogens (tertiary/aromatic N) is 4. The van der Waals surface area contributed by atoms with E-state index in [-0.39, 0.29) is 25.9 Å². The summed E-state index contributed by atoms with van der Waals surface area (Å²) in [6.07, 6.45) is 2.11. The number of rotatable bonds is 9. The van der Waals surface area contributed by atoms with Gasteiger partial charge in [-0.05, 0) is 45.3 Å². The van der Waals surface area contributed by atoms with Gasteiger partial charge in [-0.25, -0.2) is 13.8 Å². The molecule has 0 aliphatic carbocycles. The third-order valence-electron chi connectivity index (χ3n) is 6.17. The highest BCUT2D eigenvalue weighted by molar-refractivity contribution is 5.92. The Balaban J connectivity index is 1.58. The van der Waals surface area contributed by atoms with Gasteiger partial charge < -0.3 is 29.7 Å². The molecule has 2 N–H and O–H groups in total. The van der Waals surface area contributed by atoms with E-state index in [0.717, 1.165) is 26.1 Å². The van der Waals surface area contributed by atoms with Crippen LogP contribution in [0.2, 0.25) is 0 Å². The molecule has 4 rings (SSSR count). The zero-order valence-corrected chi connectivity index (χ0v) is 19.3. The van der Waals surface area contributed by atoms with Crippen molar-refractivity contribution in [1.82, 2.24) is 14.9 Å². The number of benzene rings is 1. The van der Waals surface area contributed by atoms with Crippen LogP contribution in [0.3, 0.4) is 0 Å². The third-order valence-corrected chi connectivity index (χ3v) is 6.17. The zero-order valence-electron chi connectivity index (χ0n) is 19.3. The van der Waals surface area contributed by atoms with Gasteiger partial charge in [0, 0.05) is 43.9 Å². The van der Waals surface area contributed by atoms with Gasteiger partial charge in [-0.15, -0.1) is 0 Å². The molecule has 1 aromatic heterocycles. The lowest BCUT2D eigenvalue weighted by Crippen LogP contribution is -2.40. The van der Waals surface area contributed by atoms with Crippen molar-refractivity contribution in [2.45, 2.75) is 51.2 Å². The molecule has 2 aromatic rings. The first-order chi connectivity index (χ1) is 15.8. The van der Waals surface area contributed by atoms with Crippen molar-refractivity contribution >= 4 is 22.7 Å². The first-order valence-electron chi connectivity index (χ1n) is 11.7. The van der Waals surface area contributed by atoms with Gasteiger partial charge in [0.05, 0.1) is 19.2 Å². The molecular formula is C23H33F2N5O3. The first kappa shape index (κ1) is 23.7. The van der Waals surface area contributed by atoms with Gasteiger partial charge in [-0.1, -0.05) is 0 Å². The van der Waals surface area contributed by atoms with Crippen molar-refractivity contribution in [1.29, 1.82) is 0 Å². The second-order valence-corrected chi connectivity index (χ2v) is 8.81. The maximum atomic E-state index is 13.6. The van der Waals surface area contributed by atoms with Crippen LogP contribution in [0.25, 0.3) is 10.9 Å². The Labute approximate surface area is 192 Å². The minimum absolute atomic E-state index is 0.169. The minimum Gasteiger partial charge on any atom is -0.493 e. The van der Waals surface area contributed by atoms with E-state index in [1.807, 2.05) is 0 Å². The summed E-state index contributed by atoms with van der Waals surface area (Å²) in [7, 11) is 1.57. The third kappa shape index (κ3) is 5.92. The van der Waals surface area contributed by atoms with Crippen LogP contribution in [0, 0.1) is 0 Å². The number of hydrogen-bond donors (Lipinski definition) is 2. The van der Waals surface area contributed by atoms with Crippen molar-refractivity contribution in [3.8, 4) is 11.5 Å². The zero-order chi connectivity index (χ0) is 23.4. The Hall–Kier alpha value is -2.46. The Morgan fingerprint density at radius 2 is 1.85 bits per heavy atom. The maximum absolute atomic E-state index is 13.6. The molecule has 33 heavy (non-hydrogen) atoms. The minimum atomic E-state index is -2.66. The molecule has 2 saturated heterocycles. The van der Waals surface area contributed by atoms with Crippen molar-refractivity contribution < 1.29 is 23.4 Å². The second kappa shape index (κ2) is 10.2. The van der Waals surface area contributed by atoms with Gasteiger partial charge in [-0.3, -0.25) is 0 Å². The summed E-state index contributed by atoms with van der Waals surface area (Å²) < 4.78 is 38.8. The van der Waals surface area contributed by atoms with Gasteiger partial charge in [0.15, 0.2) is 11.5 Å². The van der Waals surface area contributed by atoms with E-state index in [4.69, 9.17) is 9.47 Å². The molecule has 2 aliphatic rings. The highest BCUT2D eigenvalue weighted by atomic mass is 19.3. The largest absolute Gasteiger partial charge is 0.493 e. The number of halogens is 2. The predicted molar refractivity (Wildman–Crippen MR) is 124 cm³/mol. The van der Waals surface area contributed by atoms with Crippen molar-refractivity contribution in [2.24, 2.45) is 0 Å². The fourth-order valence-electron chi connectivity index (χ4n) is 4.36. The smallest absolute Gasteiger partial charge is 0.251 e. The second-order valence-electron chi connectivity index (χ2n) is 8.81. The van der Waals surface area contributed by atoms with Crippen LogP contribution in [0.1, 0.15) is 39.0 Å². The average Bonchev–Trinajstić information content (AvgIpc) is 3.29. The Morgan fingerprint density at radius 3 is 2.52 bits per heavy atom. The number of hydrogen-bond acceptors (Lipinski definition) is 8. The number of nitrogens with one attached hydrogen (secondary N) is 1. The van der Waals surface area contributed by atoms with E-state index >= 15 is 0 Å². The molecule has 1 atom stereocenters. The molecule has 0 unspecified atom stereocenters. The number of fused-ring (bicyclic) bond motifs is 1. The molecule has 1 aromatic carbocycles. The molecule has 0 amide bonds. The lowest BCUT2D eigenvalue weighted by atomic mass is 10.1. The van der Waals surface area contributed by atoms with Crippen LogP contribution in [-0.4, -0.2) is 78.6 Å². The summed E-state index contributed by atoms with van der Waals surface area (Å²) in [5, 5.41) is 13.5. The van der Waals surface area contributed by atoms with Crippen LogP contribution < -0.4 is 19.7 Å². The molecule has 0 bridgehead atoms. The monoisotopic (exact) mass is 465 g/mol. The number of aromatic nitrogens is 2. The van der Waals surface area contributed by atoms with Gasteiger partial charge in [0.1, 0.15) is 12.0 Å². The van der Waals surface area contributed by atoms with E-state index < -0.39 is 12.2 Å².